The molecule has 1 saturated heterocycles. The molecule has 1 amide bonds. The van der Waals surface area contributed by atoms with E-state index in [0.29, 0.717) is 11.5 Å². The molecule has 0 radical (unpaired) electrons. The van der Waals surface area contributed by atoms with E-state index >= 15 is 0 Å². The van der Waals surface area contributed by atoms with Crippen LogP contribution in [-0.4, -0.2) is 42.5 Å². The summed E-state index contributed by atoms with van der Waals surface area (Å²) in [7, 11) is 1.95. The average Bonchev–Trinajstić information content (AvgIpc) is 2.77. The summed E-state index contributed by atoms with van der Waals surface area (Å²) in [5.74, 6) is 0.696. The predicted octanol–water partition coefficient (Wildman–Crippen LogP) is 1.07. The van der Waals surface area contributed by atoms with Gasteiger partial charge in [0.05, 0.1) is 5.56 Å². The van der Waals surface area contributed by atoms with Gasteiger partial charge in [0.1, 0.15) is 0 Å². The van der Waals surface area contributed by atoms with Crippen molar-refractivity contribution in [3.05, 3.63) is 29.6 Å². The van der Waals surface area contributed by atoms with Gasteiger partial charge in [0.2, 0.25) is 0 Å². The Kier molecular flexibility index (Phi) is 3.74. The van der Waals surface area contributed by atoms with Crippen LogP contribution in [0.3, 0.4) is 0 Å². The van der Waals surface area contributed by atoms with Gasteiger partial charge in [-0.2, -0.15) is 0 Å². The molecule has 0 aliphatic carbocycles. The minimum absolute atomic E-state index is 0.111. The lowest BCUT2D eigenvalue weighted by Gasteiger charge is -2.16. The number of hydrogen-bond donors (Lipinski definition) is 1. The van der Waals surface area contributed by atoms with Crippen molar-refractivity contribution in [2.24, 2.45) is 5.92 Å². The number of carbonyl (C=O) groups is 1. The van der Waals surface area contributed by atoms with Gasteiger partial charge in [-0.3, -0.25) is 9.78 Å². The van der Waals surface area contributed by atoms with E-state index in [1.807, 2.05) is 24.9 Å². The van der Waals surface area contributed by atoms with Gasteiger partial charge < -0.3 is 10.2 Å². The summed E-state index contributed by atoms with van der Waals surface area (Å²) in [6.07, 6.45) is 4.51. The standard InChI is InChI=1S/C13H19N3O/c1-10-5-12(8-15-6-10)13(17)16-4-3-11(9-16)7-14-2/h5-6,8,11,14H,3-4,7,9H2,1-2H3. The number of hydrogen-bond acceptors (Lipinski definition) is 3. The minimum Gasteiger partial charge on any atom is -0.338 e. The lowest BCUT2D eigenvalue weighted by atomic mass is 10.1. The molecule has 1 aromatic heterocycles. The van der Waals surface area contributed by atoms with Gasteiger partial charge >= 0.3 is 0 Å². The number of amides is 1. The van der Waals surface area contributed by atoms with Gasteiger partial charge in [-0.1, -0.05) is 0 Å². The summed E-state index contributed by atoms with van der Waals surface area (Å²) in [5, 5.41) is 3.17. The molecule has 1 unspecified atom stereocenters. The fourth-order valence-corrected chi connectivity index (χ4v) is 2.33. The third-order valence-corrected chi connectivity index (χ3v) is 3.19. The lowest BCUT2D eigenvalue weighted by Crippen LogP contribution is -2.30. The number of nitrogens with zero attached hydrogens (tertiary/aromatic N) is 2. The molecular formula is C13H19N3O. The highest BCUT2D eigenvalue weighted by Gasteiger charge is 2.26. The van der Waals surface area contributed by atoms with Crippen molar-refractivity contribution in [3.63, 3.8) is 0 Å². The molecule has 1 fully saturated rings. The Balaban J connectivity index is 2.02. The van der Waals surface area contributed by atoms with Crippen LogP contribution in [0.2, 0.25) is 0 Å². The number of aryl methyl sites for hydroxylation is 1. The molecular weight excluding hydrogens is 214 g/mol. The van der Waals surface area contributed by atoms with Gasteiger partial charge in [-0.15, -0.1) is 0 Å². The normalized spacial score (nSPS) is 19.6. The van der Waals surface area contributed by atoms with Crippen molar-refractivity contribution in [2.75, 3.05) is 26.7 Å². The fraction of sp³-hybridized carbons (Fsp3) is 0.538. The predicted molar refractivity (Wildman–Crippen MR) is 66.9 cm³/mol. The summed E-state index contributed by atoms with van der Waals surface area (Å²) in [5.41, 5.74) is 1.73. The Morgan fingerprint density at radius 1 is 1.59 bits per heavy atom. The number of nitrogens with one attached hydrogen (secondary N) is 1. The van der Waals surface area contributed by atoms with Crippen molar-refractivity contribution in [3.8, 4) is 0 Å². The van der Waals surface area contributed by atoms with E-state index in [4.69, 9.17) is 0 Å². The molecule has 0 aromatic carbocycles. The first-order chi connectivity index (χ1) is 8.20. The first kappa shape index (κ1) is 12.0. The monoisotopic (exact) mass is 233 g/mol. The third-order valence-electron chi connectivity index (χ3n) is 3.19. The van der Waals surface area contributed by atoms with Crippen LogP contribution in [0.1, 0.15) is 22.3 Å². The zero-order valence-corrected chi connectivity index (χ0v) is 10.4. The topological polar surface area (TPSA) is 45.2 Å². The van der Waals surface area contributed by atoms with Crippen molar-refractivity contribution < 1.29 is 4.79 Å². The second-order valence-electron chi connectivity index (χ2n) is 4.71. The van der Waals surface area contributed by atoms with E-state index in [1.54, 1.807) is 12.4 Å². The maximum absolute atomic E-state index is 12.2. The quantitative estimate of drug-likeness (QED) is 0.849. The summed E-state index contributed by atoms with van der Waals surface area (Å²) >= 11 is 0. The maximum Gasteiger partial charge on any atom is 0.255 e. The SMILES string of the molecule is CNCC1CCN(C(=O)c2cncc(C)c2)C1. The lowest BCUT2D eigenvalue weighted by molar-refractivity contribution is 0.0786. The zero-order valence-electron chi connectivity index (χ0n) is 10.4. The Labute approximate surface area is 102 Å². The molecule has 0 spiro atoms. The molecule has 4 nitrogen and oxygen atoms in total. The fourth-order valence-electron chi connectivity index (χ4n) is 2.33. The number of likely N-dealkylation sites (tertiary alicyclic amines) is 1. The second-order valence-corrected chi connectivity index (χ2v) is 4.71. The first-order valence-electron chi connectivity index (χ1n) is 6.06. The zero-order chi connectivity index (χ0) is 12.3. The van der Waals surface area contributed by atoms with E-state index in [0.717, 1.165) is 31.6 Å². The van der Waals surface area contributed by atoms with Crippen LogP contribution < -0.4 is 5.32 Å². The molecule has 1 aromatic rings. The van der Waals surface area contributed by atoms with Crippen LogP contribution in [0, 0.1) is 12.8 Å². The molecule has 92 valence electrons. The molecule has 2 heterocycles. The molecule has 1 atom stereocenters. The largest absolute Gasteiger partial charge is 0.338 e. The van der Waals surface area contributed by atoms with Crippen LogP contribution in [0.25, 0.3) is 0 Å². The Bertz CT molecular complexity index is 405. The smallest absolute Gasteiger partial charge is 0.255 e. The van der Waals surface area contributed by atoms with Crippen LogP contribution >= 0.6 is 0 Å². The molecule has 1 aliphatic heterocycles. The first-order valence-corrected chi connectivity index (χ1v) is 6.06. The average molecular weight is 233 g/mol. The van der Waals surface area contributed by atoms with E-state index in [2.05, 4.69) is 10.3 Å². The van der Waals surface area contributed by atoms with Crippen LogP contribution in [-0.2, 0) is 0 Å². The van der Waals surface area contributed by atoms with E-state index in [1.165, 1.54) is 0 Å². The highest BCUT2D eigenvalue weighted by Crippen LogP contribution is 2.18. The summed E-state index contributed by atoms with van der Waals surface area (Å²) in [4.78, 5) is 18.2. The van der Waals surface area contributed by atoms with Gasteiger partial charge in [0.25, 0.3) is 5.91 Å². The van der Waals surface area contributed by atoms with Crippen molar-refractivity contribution >= 4 is 5.91 Å². The maximum atomic E-state index is 12.2. The summed E-state index contributed by atoms with van der Waals surface area (Å²) in [6.45, 7) is 4.65. The highest BCUT2D eigenvalue weighted by atomic mass is 16.2. The summed E-state index contributed by atoms with van der Waals surface area (Å²) < 4.78 is 0. The molecule has 0 saturated carbocycles. The molecule has 1 N–H and O–H groups in total. The highest BCUT2D eigenvalue weighted by molar-refractivity contribution is 5.94. The van der Waals surface area contributed by atoms with Crippen molar-refractivity contribution in [1.29, 1.82) is 0 Å². The number of pyridine rings is 1. The molecule has 17 heavy (non-hydrogen) atoms. The number of aromatic nitrogens is 1. The Hall–Kier alpha value is -1.42. The van der Waals surface area contributed by atoms with Crippen LogP contribution in [0.15, 0.2) is 18.5 Å². The molecule has 4 heteroatoms. The van der Waals surface area contributed by atoms with Crippen LogP contribution in [0.4, 0.5) is 0 Å². The van der Waals surface area contributed by atoms with Gasteiger partial charge in [0, 0.05) is 25.5 Å². The minimum atomic E-state index is 0.111. The second kappa shape index (κ2) is 5.27. The Morgan fingerprint density at radius 2 is 2.41 bits per heavy atom. The van der Waals surface area contributed by atoms with E-state index < -0.39 is 0 Å². The third kappa shape index (κ3) is 2.82. The van der Waals surface area contributed by atoms with Gasteiger partial charge in [0.15, 0.2) is 0 Å². The number of rotatable bonds is 3. The van der Waals surface area contributed by atoms with Gasteiger partial charge in [-0.25, -0.2) is 0 Å². The summed E-state index contributed by atoms with van der Waals surface area (Å²) in [6, 6.07) is 1.90. The van der Waals surface area contributed by atoms with Crippen molar-refractivity contribution in [2.45, 2.75) is 13.3 Å². The van der Waals surface area contributed by atoms with Crippen LogP contribution in [0.5, 0.6) is 0 Å². The molecule has 1 aliphatic rings. The number of carbonyl (C=O) groups excluding carboxylic acids is 1. The van der Waals surface area contributed by atoms with Crippen molar-refractivity contribution in [1.82, 2.24) is 15.2 Å². The van der Waals surface area contributed by atoms with E-state index in [-0.39, 0.29) is 5.91 Å². The van der Waals surface area contributed by atoms with E-state index in [9.17, 15) is 4.79 Å². The molecule has 0 bridgehead atoms. The van der Waals surface area contributed by atoms with Gasteiger partial charge in [-0.05, 0) is 44.5 Å². The molecule has 2 rings (SSSR count). The Morgan fingerprint density at radius 3 is 3.12 bits per heavy atom.